The molecule has 1 aromatic rings. The van der Waals surface area contributed by atoms with E-state index >= 15 is 0 Å². The predicted octanol–water partition coefficient (Wildman–Crippen LogP) is 1.47. The van der Waals surface area contributed by atoms with Gasteiger partial charge in [0.1, 0.15) is 5.56 Å². The van der Waals surface area contributed by atoms with Gasteiger partial charge < -0.3 is 19.9 Å². The number of hydrogen-bond acceptors (Lipinski definition) is 5. The van der Waals surface area contributed by atoms with Crippen molar-refractivity contribution in [3.05, 3.63) is 23.8 Å². The maximum Gasteiger partial charge on any atom is 0.342 e. The van der Waals surface area contributed by atoms with Crippen LogP contribution < -0.4 is 10.1 Å². The molecule has 0 unspecified atom stereocenters. The van der Waals surface area contributed by atoms with Crippen LogP contribution in [-0.2, 0) is 9.53 Å². The molecule has 0 atom stereocenters. The minimum Gasteiger partial charge on any atom is -0.504 e. The molecule has 1 aromatic carbocycles. The van der Waals surface area contributed by atoms with Crippen LogP contribution in [0.25, 0.3) is 0 Å². The number of phenols is 1. The molecule has 110 valence electrons. The molecule has 2 N–H and O–H groups in total. The fraction of sp³-hybridized carbons (Fsp3) is 0.429. The molecule has 0 aliphatic rings. The Bertz CT molecular complexity index is 473. The molecule has 0 fully saturated rings. The zero-order chi connectivity index (χ0) is 15.0. The molecule has 6 heteroatoms. The van der Waals surface area contributed by atoms with Crippen LogP contribution in [0.1, 0.15) is 30.1 Å². The fourth-order valence-electron chi connectivity index (χ4n) is 1.52. The van der Waals surface area contributed by atoms with Crippen molar-refractivity contribution in [2.24, 2.45) is 0 Å². The number of esters is 1. The number of benzene rings is 1. The van der Waals surface area contributed by atoms with Crippen molar-refractivity contribution in [3.8, 4) is 11.5 Å². The summed E-state index contributed by atoms with van der Waals surface area (Å²) in [4.78, 5) is 23.1. The monoisotopic (exact) mass is 281 g/mol. The van der Waals surface area contributed by atoms with Crippen molar-refractivity contribution in [2.75, 3.05) is 20.3 Å². The van der Waals surface area contributed by atoms with Gasteiger partial charge in [-0.1, -0.05) is 19.4 Å². The second-order valence-corrected chi connectivity index (χ2v) is 4.14. The molecule has 0 aliphatic heterocycles. The molecule has 0 spiro atoms. The molecule has 0 saturated heterocycles. The highest BCUT2D eigenvalue weighted by molar-refractivity contribution is 5.94. The molecule has 1 rings (SSSR count). The fourth-order valence-corrected chi connectivity index (χ4v) is 1.52. The number of carbonyl (C=O) groups is 2. The van der Waals surface area contributed by atoms with Crippen LogP contribution in [0.4, 0.5) is 0 Å². The van der Waals surface area contributed by atoms with Crippen LogP contribution in [0.2, 0.25) is 0 Å². The smallest absolute Gasteiger partial charge is 0.342 e. The lowest BCUT2D eigenvalue weighted by Crippen LogP contribution is -2.29. The number of aromatic hydroxyl groups is 1. The van der Waals surface area contributed by atoms with Gasteiger partial charge in [-0.2, -0.15) is 0 Å². The van der Waals surface area contributed by atoms with Gasteiger partial charge in [0.05, 0.1) is 7.11 Å². The number of rotatable bonds is 7. The summed E-state index contributed by atoms with van der Waals surface area (Å²) in [6.45, 7) is 2.19. The Morgan fingerprint density at radius 3 is 2.75 bits per heavy atom. The maximum absolute atomic E-state index is 11.8. The van der Waals surface area contributed by atoms with Gasteiger partial charge in [-0.25, -0.2) is 4.79 Å². The molecule has 0 bridgehead atoms. The first-order valence-electron chi connectivity index (χ1n) is 6.40. The first-order chi connectivity index (χ1) is 9.60. The lowest BCUT2D eigenvalue weighted by Gasteiger charge is -2.09. The van der Waals surface area contributed by atoms with Crippen molar-refractivity contribution >= 4 is 11.9 Å². The number of phenolic OH excluding ortho intramolecular Hbond substituents is 1. The summed E-state index contributed by atoms with van der Waals surface area (Å²) in [7, 11) is 1.38. The topological polar surface area (TPSA) is 84.9 Å². The summed E-state index contributed by atoms with van der Waals surface area (Å²) >= 11 is 0. The predicted molar refractivity (Wildman–Crippen MR) is 72.9 cm³/mol. The van der Waals surface area contributed by atoms with Gasteiger partial charge in [-0.15, -0.1) is 0 Å². The molecular weight excluding hydrogens is 262 g/mol. The summed E-state index contributed by atoms with van der Waals surface area (Å²) in [5.74, 6) is -1.26. The van der Waals surface area contributed by atoms with Crippen LogP contribution in [0.3, 0.4) is 0 Å². The molecular formula is C14H19NO5. The van der Waals surface area contributed by atoms with E-state index in [0.717, 1.165) is 12.8 Å². The molecule has 0 saturated carbocycles. The van der Waals surface area contributed by atoms with Gasteiger partial charge in [-0.05, 0) is 18.6 Å². The van der Waals surface area contributed by atoms with Gasteiger partial charge in [0, 0.05) is 6.54 Å². The molecule has 0 aromatic heterocycles. The largest absolute Gasteiger partial charge is 0.504 e. The summed E-state index contributed by atoms with van der Waals surface area (Å²) in [5.41, 5.74) is -0.0364. The molecule has 0 aliphatic carbocycles. The number of hydrogen-bond donors (Lipinski definition) is 2. The number of carbonyl (C=O) groups excluding carboxylic acids is 2. The van der Waals surface area contributed by atoms with Crippen molar-refractivity contribution < 1.29 is 24.2 Å². The Labute approximate surface area is 117 Å². The Morgan fingerprint density at radius 2 is 2.10 bits per heavy atom. The van der Waals surface area contributed by atoms with Gasteiger partial charge >= 0.3 is 5.97 Å². The zero-order valence-electron chi connectivity index (χ0n) is 11.6. The Kier molecular flexibility index (Phi) is 6.36. The number of amides is 1. The van der Waals surface area contributed by atoms with E-state index in [-0.39, 0.29) is 29.6 Å². The minimum atomic E-state index is -0.771. The quantitative estimate of drug-likeness (QED) is 0.584. The first kappa shape index (κ1) is 15.8. The number of ether oxygens (including phenoxy) is 2. The summed E-state index contributed by atoms with van der Waals surface area (Å²) in [6.07, 6.45) is 1.84. The number of methoxy groups -OCH3 is 1. The van der Waals surface area contributed by atoms with Gasteiger partial charge in [-0.3, -0.25) is 4.79 Å². The Morgan fingerprint density at radius 1 is 1.35 bits per heavy atom. The minimum absolute atomic E-state index is 0.0364. The van der Waals surface area contributed by atoms with E-state index < -0.39 is 5.97 Å². The van der Waals surface area contributed by atoms with Crippen LogP contribution in [0.15, 0.2) is 18.2 Å². The third-order valence-corrected chi connectivity index (χ3v) is 2.63. The van der Waals surface area contributed by atoms with Crippen LogP contribution in [0, 0.1) is 0 Å². The average Bonchev–Trinajstić information content (AvgIpc) is 2.45. The van der Waals surface area contributed by atoms with Gasteiger partial charge in [0.25, 0.3) is 5.91 Å². The standard InChI is InChI=1S/C14H19NO5/c1-3-4-8-15-12(16)9-20-14(18)10-6-5-7-11(19-2)13(10)17/h5-7,17H,3-4,8-9H2,1-2H3,(H,15,16). The van der Waals surface area contributed by atoms with Crippen molar-refractivity contribution in [3.63, 3.8) is 0 Å². The SMILES string of the molecule is CCCCNC(=O)COC(=O)c1cccc(OC)c1O. The first-order valence-corrected chi connectivity index (χ1v) is 6.40. The lowest BCUT2D eigenvalue weighted by atomic mass is 10.2. The van der Waals surface area contributed by atoms with Crippen molar-refractivity contribution in [1.82, 2.24) is 5.32 Å². The second-order valence-electron chi connectivity index (χ2n) is 4.14. The highest BCUT2D eigenvalue weighted by atomic mass is 16.5. The lowest BCUT2D eigenvalue weighted by molar-refractivity contribution is -0.124. The normalized spacial score (nSPS) is 9.90. The molecule has 0 radical (unpaired) electrons. The van der Waals surface area contributed by atoms with E-state index in [1.165, 1.54) is 19.2 Å². The molecule has 0 heterocycles. The Hall–Kier alpha value is -2.24. The maximum atomic E-state index is 11.8. The van der Waals surface area contributed by atoms with Gasteiger partial charge in [0.2, 0.25) is 0 Å². The highest BCUT2D eigenvalue weighted by Crippen LogP contribution is 2.29. The van der Waals surface area contributed by atoms with Crippen LogP contribution >= 0.6 is 0 Å². The zero-order valence-corrected chi connectivity index (χ0v) is 11.6. The van der Waals surface area contributed by atoms with Crippen LogP contribution in [0.5, 0.6) is 11.5 Å². The van der Waals surface area contributed by atoms with Crippen molar-refractivity contribution in [2.45, 2.75) is 19.8 Å². The summed E-state index contributed by atoms with van der Waals surface area (Å²) in [5, 5.41) is 12.4. The highest BCUT2D eigenvalue weighted by Gasteiger charge is 2.17. The number of para-hydroxylation sites is 1. The Balaban J connectivity index is 2.53. The second kappa shape index (κ2) is 8.04. The van der Waals surface area contributed by atoms with E-state index in [4.69, 9.17) is 9.47 Å². The van der Waals surface area contributed by atoms with E-state index in [1.807, 2.05) is 6.92 Å². The third kappa shape index (κ3) is 4.46. The summed E-state index contributed by atoms with van der Waals surface area (Å²) in [6, 6.07) is 4.47. The van der Waals surface area contributed by atoms with Gasteiger partial charge in [0.15, 0.2) is 18.1 Å². The molecule has 20 heavy (non-hydrogen) atoms. The average molecular weight is 281 g/mol. The van der Waals surface area contributed by atoms with E-state index in [2.05, 4.69) is 5.32 Å². The number of nitrogens with one attached hydrogen (secondary N) is 1. The van der Waals surface area contributed by atoms with E-state index in [1.54, 1.807) is 6.07 Å². The summed E-state index contributed by atoms with van der Waals surface area (Å²) < 4.78 is 9.72. The molecule has 1 amide bonds. The van der Waals surface area contributed by atoms with E-state index in [0.29, 0.717) is 6.54 Å². The van der Waals surface area contributed by atoms with E-state index in [9.17, 15) is 14.7 Å². The number of unbranched alkanes of at least 4 members (excludes halogenated alkanes) is 1. The van der Waals surface area contributed by atoms with Crippen LogP contribution in [-0.4, -0.2) is 37.2 Å². The third-order valence-electron chi connectivity index (χ3n) is 2.63. The molecule has 6 nitrogen and oxygen atoms in total. The van der Waals surface area contributed by atoms with Crippen molar-refractivity contribution in [1.29, 1.82) is 0 Å².